The van der Waals surface area contributed by atoms with Crippen LogP contribution in [0.1, 0.15) is 47.6 Å². The Morgan fingerprint density at radius 3 is 2.67 bits per heavy atom. The van der Waals surface area contributed by atoms with Crippen molar-refractivity contribution in [1.82, 2.24) is 15.4 Å². The molecule has 33 heavy (non-hydrogen) atoms. The van der Waals surface area contributed by atoms with Gasteiger partial charge in [-0.3, -0.25) is 9.69 Å². The van der Waals surface area contributed by atoms with E-state index in [1.54, 1.807) is 17.4 Å². The Balaban J connectivity index is 1.85. The van der Waals surface area contributed by atoms with E-state index in [2.05, 4.69) is 15.4 Å². The lowest BCUT2D eigenvalue weighted by Gasteiger charge is -2.26. The zero-order chi connectivity index (χ0) is 23.5. The number of aromatic hydroxyl groups is 2. The summed E-state index contributed by atoms with van der Waals surface area (Å²) in [5, 5.41) is 29.9. The molecule has 0 spiro atoms. The van der Waals surface area contributed by atoms with Gasteiger partial charge in [0.15, 0.2) is 11.5 Å². The van der Waals surface area contributed by atoms with Gasteiger partial charge in [-0.15, -0.1) is 11.3 Å². The summed E-state index contributed by atoms with van der Waals surface area (Å²) in [4.78, 5) is 16.3. The van der Waals surface area contributed by atoms with Crippen molar-refractivity contribution in [2.75, 3.05) is 32.8 Å². The molecule has 8 nitrogen and oxygen atoms in total. The van der Waals surface area contributed by atoms with Crippen LogP contribution in [-0.4, -0.2) is 59.0 Å². The molecule has 1 aliphatic heterocycles. The Bertz CT molecular complexity index is 1130. The van der Waals surface area contributed by atoms with E-state index in [4.69, 9.17) is 9.26 Å². The van der Waals surface area contributed by atoms with Crippen molar-refractivity contribution >= 4 is 17.2 Å². The van der Waals surface area contributed by atoms with E-state index in [9.17, 15) is 15.0 Å². The number of aromatic nitrogens is 1. The van der Waals surface area contributed by atoms with Crippen molar-refractivity contribution in [3.8, 4) is 33.9 Å². The molecule has 176 valence electrons. The number of rotatable bonds is 7. The van der Waals surface area contributed by atoms with Crippen LogP contribution in [-0.2, 0) is 11.3 Å². The molecular weight excluding hydrogens is 442 g/mol. The monoisotopic (exact) mass is 471 g/mol. The standard InChI is InChI=1S/C24H29N3O5S/c1-4-25-24(30)22-21(15-5-10-33-20(15)13-27-6-8-31-9-7-27)23(32-26-22)17-11-16(14(2)3)18(28)12-19(17)29/h5,10-12,14,28-29H,4,6-9,13H2,1-3H3,(H,25,30). The number of phenolic OH excluding ortho intramolecular Hbond substituents is 2. The second-order valence-electron chi connectivity index (χ2n) is 8.32. The van der Waals surface area contributed by atoms with Crippen molar-refractivity contribution in [1.29, 1.82) is 0 Å². The highest BCUT2D eigenvalue weighted by Gasteiger charge is 2.29. The van der Waals surface area contributed by atoms with Crippen molar-refractivity contribution in [3.05, 3.63) is 39.7 Å². The molecule has 1 fully saturated rings. The molecule has 0 aliphatic carbocycles. The van der Waals surface area contributed by atoms with Crippen LogP contribution in [0.5, 0.6) is 11.5 Å². The van der Waals surface area contributed by atoms with Gasteiger partial charge in [-0.2, -0.15) is 0 Å². The number of carbonyl (C=O) groups excluding carboxylic acids is 1. The fourth-order valence-electron chi connectivity index (χ4n) is 4.01. The molecule has 1 aromatic carbocycles. The van der Waals surface area contributed by atoms with Gasteiger partial charge in [-0.05, 0) is 35.9 Å². The lowest BCUT2D eigenvalue weighted by atomic mass is 9.94. The smallest absolute Gasteiger partial charge is 0.274 e. The highest BCUT2D eigenvalue weighted by Crippen LogP contribution is 2.44. The zero-order valence-corrected chi connectivity index (χ0v) is 19.9. The molecule has 0 saturated carbocycles. The maximum Gasteiger partial charge on any atom is 0.274 e. The molecule has 0 radical (unpaired) electrons. The van der Waals surface area contributed by atoms with E-state index in [0.29, 0.717) is 48.8 Å². The van der Waals surface area contributed by atoms with E-state index < -0.39 is 0 Å². The predicted octanol–water partition coefficient (Wildman–Crippen LogP) is 4.19. The fraction of sp³-hybridized carbons (Fsp3) is 0.417. The average Bonchev–Trinajstić information content (AvgIpc) is 3.41. The van der Waals surface area contributed by atoms with E-state index in [1.807, 2.05) is 32.2 Å². The maximum absolute atomic E-state index is 12.9. The molecular formula is C24H29N3O5S. The van der Waals surface area contributed by atoms with Crippen molar-refractivity contribution in [3.63, 3.8) is 0 Å². The molecule has 0 atom stereocenters. The number of ether oxygens (including phenoxy) is 1. The Morgan fingerprint density at radius 1 is 1.21 bits per heavy atom. The first kappa shape index (κ1) is 23.3. The van der Waals surface area contributed by atoms with Crippen LogP contribution in [0.4, 0.5) is 0 Å². The van der Waals surface area contributed by atoms with Gasteiger partial charge in [-0.1, -0.05) is 19.0 Å². The molecule has 0 bridgehead atoms. The normalized spacial score (nSPS) is 14.7. The highest BCUT2D eigenvalue weighted by molar-refractivity contribution is 7.10. The molecule has 4 rings (SSSR count). The SMILES string of the molecule is CCNC(=O)c1noc(-c2cc(C(C)C)c(O)cc2O)c1-c1ccsc1CN1CCOCC1. The number of phenols is 2. The van der Waals surface area contributed by atoms with Gasteiger partial charge in [0.25, 0.3) is 5.91 Å². The lowest BCUT2D eigenvalue weighted by Crippen LogP contribution is -2.35. The Morgan fingerprint density at radius 2 is 1.97 bits per heavy atom. The quantitative estimate of drug-likeness (QED) is 0.474. The number of carbonyl (C=O) groups is 1. The number of amides is 1. The van der Waals surface area contributed by atoms with Crippen molar-refractivity contribution in [2.24, 2.45) is 0 Å². The van der Waals surface area contributed by atoms with E-state index in [0.717, 1.165) is 23.5 Å². The van der Waals surface area contributed by atoms with E-state index in [1.165, 1.54) is 6.07 Å². The molecule has 9 heteroatoms. The molecule has 0 unspecified atom stereocenters. The largest absolute Gasteiger partial charge is 0.508 e. The van der Waals surface area contributed by atoms with Gasteiger partial charge in [0.1, 0.15) is 11.5 Å². The van der Waals surface area contributed by atoms with Crippen LogP contribution < -0.4 is 5.32 Å². The summed E-state index contributed by atoms with van der Waals surface area (Å²) in [5.41, 5.74) is 2.62. The molecule has 1 aliphatic rings. The third kappa shape index (κ3) is 4.75. The number of benzene rings is 1. The number of morpholine rings is 1. The minimum Gasteiger partial charge on any atom is -0.508 e. The molecule has 3 N–H and O–H groups in total. The van der Waals surface area contributed by atoms with E-state index >= 15 is 0 Å². The summed E-state index contributed by atoms with van der Waals surface area (Å²) in [5.74, 6) is -0.135. The first-order valence-corrected chi connectivity index (χ1v) is 12.0. The Hall–Kier alpha value is -2.88. The fourth-order valence-corrected chi connectivity index (χ4v) is 4.93. The zero-order valence-electron chi connectivity index (χ0n) is 19.1. The van der Waals surface area contributed by atoms with Gasteiger partial charge in [-0.25, -0.2) is 0 Å². The van der Waals surface area contributed by atoms with Gasteiger partial charge in [0, 0.05) is 42.7 Å². The molecule has 3 aromatic rings. The van der Waals surface area contributed by atoms with Crippen molar-refractivity contribution < 1.29 is 24.3 Å². The summed E-state index contributed by atoms with van der Waals surface area (Å²) < 4.78 is 11.2. The minimum atomic E-state index is -0.339. The number of thiophene rings is 1. The number of nitrogens with zero attached hydrogens (tertiary/aromatic N) is 2. The second-order valence-corrected chi connectivity index (χ2v) is 9.32. The van der Waals surface area contributed by atoms with Crippen LogP contribution in [0.25, 0.3) is 22.5 Å². The number of nitrogens with one attached hydrogen (secondary N) is 1. The van der Waals surface area contributed by atoms with Crippen LogP contribution in [0, 0.1) is 0 Å². The summed E-state index contributed by atoms with van der Waals surface area (Å²) >= 11 is 1.61. The number of hydrogen-bond donors (Lipinski definition) is 3. The van der Waals surface area contributed by atoms with Gasteiger partial charge >= 0.3 is 0 Å². The van der Waals surface area contributed by atoms with Crippen LogP contribution >= 0.6 is 11.3 Å². The van der Waals surface area contributed by atoms with Gasteiger partial charge < -0.3 is 24.8 Å². The van der Waals surface area contributed by atoms with Crippen molar-refractivity contribution in [2.45, 2.75) is 33.2 Å². The Kier molecular flexibility index (Phi) is 7.02. The van der Waals surface area contributed by atoms with Gasteiger partial charge in [0.2, 0.25) is 0 Å². The molecule has 3 heterocycles. The third-order valence-corrected chi connectivity index (χ3v) is 6.65. The first-order chi connectivity index (χ1) is 15.9. The average molecular weight is 472 g/mol. The third-order valence-electron chi connectivity index (χ3n) is 5.74. The lowest BCUT2D eigenvalue weighted by molar-refractivity contribution is 0.0347. The van der Waals surface area contributed by atoms with Crippen LogP contribution in [0.3, 0.4) is 0 Å². The number of hydrogen-bond acceptors (Lipinski definition) is 8. The summed E-state index contributed by atoms with van der Waals surface area (Å²) in [6.45, 7) is 9.99. The van der Waals surface area contributed by atoms with Crippen LogP contribution in [0.2, 0.25) is 0 Å². The molecule has 1 saturated heterocycles. The Labute approximate surface area is 196 Å². The van der Waals surface area contributed by atoms with E-state index in [-0.39, 0.29) is 29.0 Å². The maximum atomic E-state index is 12.9. The second kappa shape index (κ2) is 9.94. The minimum absolute atomic E-state index is 0.0137. The topological polar surface area (TPSA) is 108 Å². The first-order valence-electron chi connectivity index (χ1n) is 11.1. The summed E-state index contributed by atoms with van der Waals surface area (Å²) in [6, 6.07) is 4.97. The van der Waals surface area contributed by atoms with Gasteiger partial charge in [0.05, 0.1) is 24.3 Å². The predicted molar refractivity (Wildman–Crippen MR) is 127 cm³/mol. The molecule has 1 amide bonds. The summed E-state index contributed by atoms with van der Waals surface area (Å²) in [7, 11) is 0. The summed E-state index contributed by atoms with van der Waals surface area (Å²) in [6.07, 6.45) is 0. The molecule has 2 aromatic heterocycles. The highest BCUT2D eigenvalue weighted by atomic mass is 32.1. The van der Waals surface area contributed by atoms with Crippen LogP contribution in [0.15, 0.2) is 28.1 Å².